The number of carbonyl (C=O) groups is 1. The molecule has 0 saturated carbocycles. The van der Waals surface area contributed by atoms with Gasteiger partial charge in [-0.25, -0.2) is 19.1 Å². The molecule has 3 heterocycles. The molecular weight excluding hydrogens is 507 g/mol. The predicted octanol–water partition coefficient (Wildman–Crippen LogP) is 5.06. The lowest BCUT2D eigenvalue weighted by Crippen LogP contribution is -2.41. The van der Waals surface area contributed by atoms with E-state index in [0.717, 1.165) is 6.42 Å². The van der Waals surface area contributed by atoms with Crippen molar-refractivity contribution in [1.29, 1.82) is 0 Å². The number of rotatable bonds is 8. The quantitative estimate of drug-likeness (QED) is 0.426. The second kappa shape index (κ2) is 10.7. The van der Waals surface area contributed by atoms with Gasteiger partial charge in [-0.1, -0.05) is 26.8 Å². The topological polar surface area (TPSA) is 101 Å². The molecule has 4 rings (SSSR count). The number of amides is 1. The smallest absolute Gasteiger partial charge is 0.281 e. The van der Waals surface area contributed by atoms with Gasteiger partial charge in [0, 0.05) is 29.9 Å². The van der Waals surface area contributed by atoms with Gasteiger partial charge in [-0.2, -0.15) is 8.42 Å². The van der Waals surface area contributed by atoms with Gasteiger partial charge in [-0.3, -0.25) is 4.79 Å². The largest absolute Gasteiger partial charge is 0.493 e. The molecule has 1 amide bonds. The summed E-state index contributed by atoms with van der Waals surface area (Å²) in [6, 6.07) is 11.9. The summed E-state index contributed by atoms with van der Waals surface area (Å²) in [4.78, 5) is 24.0. The molecule has 8 nitrogen and oxygen atoms in total. The summed E-state index contributed by atoms with van der Waals surface area (Å²) in [6.45, 7) is 11.3. The number of benzene rings is 1. The Labute approximate surface area is 223 Å². The van der Waals surface area contributed by atoms with Crippen LogP contribution in [0.3, 0.4) is 0 Å². The fourth-order valence-corrected chi connectivity index (χ4v) is 5.66. The average Bonchev–Trinajstić information content (AvgIpc) is 3.13. The first-order valence-corrected chi connectivity index (χ1v) is 14.0. The van der Waals surface area contributed by atoms with Crippen LogP contribution in [0.1, 0.15) is 51.4 Å². The van der Waals surface area contributed by atoms with Crippen LogP contribution < -0.4 is 14.4 Å². The van der Waals surface area contributed by atoms with E-state index < -0.39 is 21.7 Å². The minimum Gasteiger partial charge on any atom is -0.493 e. The number of sulfonamides is 1. The van der Waals surface area contributed by atoms with Crippen LogP contribution in [0.15, 0.2) is 59.8 Å². The van der Waals surface area contributed by atoms with Gasteiger partial charge in [0.15, 0.2) is 5.03 Å². The van der Waals surface area contributed by atoms with E-state index in [-0.39, 0.29) is 22.0 Å². The molecule has 0 aliphatic carbocycles. The molecule has 1 N–H and O–H groups in total. The Balaban J connectivity index is 1.76. The van der Waals surface area contributed by atoms with E-state index in [1.54, 1.807) is 18.2 Å². The van der Waals surface area contributed by atoms with Crippen LogP contribution in [0.25, 0.3) is 11.3 Å². The SMILES string of the molecule is CC(C)COc1cc(F)cc(-c2ccc(C(=O)NS(=O)(=O)c3ccccn3)c(N3C[C@@H](C)CC3(C)C)n2)c1. The molecule has 1 aliphatic heterocycles. The second-order valence-electron chi connectivity index (χ2n) is 10.8. The molecule has 0 spiro atoms. The van der Waals surface area contributed by atoms with Crippen LogP contribution >= 0.6 is 0 Å². The minimum absolute atomic E-state index is 0.100. The van der Waals surface area contributed by atoms with Crippen molar-refractivity contribution < 1.29 is 22.3 Å². The van der Waals surface area contributed by atoms with Crippen molar-refractivity contribution in [2.24, 2.45) is 11.8 Å². The van der Waals surface area contributed by atoms with Crippen molar-refractivity contribution in [2.75, 3.05) is 18.1 Å². The zero-order chi connectivity index (χ0) is 27.7. The molecule has 0 unspecified atom stereocenters. The number of halogens is 1. The zero-order valence-corrected chi connectivity index (χ0v) is 23.0. The normalized spacial score (nSPS) is 17.0. The number of nitrogens with zero attached hydrogens (tertiary/aromatic N) is 3. The molecule has 0 bridgehead atoms. The van der Waals surface area contributed by atoms with Crippen LogP contribution in [-0.4, -0.2) is 43.0 Å². The highest BCUT2D eigenvalue weighted by Crippen LogP contribution is 2.38. The van der Waals surface area contributed by atoms with E-state index in [1.165, 1.54) is 36.5 Å². The Morgan fingerprint density at radius 3 is 2.61 bits per heavy atom. The van der Waals surface area contributed by atoms with Crippen molar-refractivity contribution in [3.05, 3.63) is 66.1 Å². The van der Waals surface area contributed by atoms with Gasteiger partial charge < -0.3 is 9.64 Å². The van der Waals surface area contributed by atoms with Gasteiger partial charge in [0.25, 0.3) is 15.9 Å². The summed E-state index contributed by atoms with van der Waals surface area (Å²) in [6.07, 6.45) is 2.20. The molecular formula is C28H33FN4O4S. The lowest BCUT2D eigenvalue weighted by molar-refractivity contribution is 0.0981. The second-order valence-corrected chi connectivity index (χ2v) is 12.4. The maximum Gasteiger partial charge on any atom is 0.281 e. The molecule has 3 aromatic rings. The molecule has 1 aliphatic rings. The van der Waals surface area contributed by atoms with Gasteiger partial charge in [0.2, 0.25) is 0 Å². The van der Waals surface area contributed by atoms with Crippen molar-refractivity contribution in [3.8, 4) is 17.0 Å². The lowest BCUT2D eigenvalue weighted by Gasteiger charge is -2.34. The Bertz CT molecular complexity index is 1430. The van der Waals surface area contributed by atoms with Crippen molar-refractivity contribution in [3.63, 3.8) is 0 Å². The van der Waals surface area contributed by atoms with Gasteiger partial charge in [-0.15, -0.1) is 0 Å². The van der Waals surface area contributed by atoms with Crippen LogP contribution in [0.4, 0.5) is 10.2 Å². The standard InChI is InChI=1S/C28H33FN4O4S/c1-18(2)17-37-22-13-20(12-21(29)14-22)24-10-9-23(26(31-24)33-16-19(3)15-28(33,4)5)27(34)32-38(35,36)25-8-6-7-11-30-25/h6-14,18-19H,15-17H2,1-5H3,(H,32,34)/t19-/m0/s1. The monoisotopic (exact) mass is 540 g/mol. The van der Waals surface area contributed by atoms with E-state index in [4.69, 9.17) is 9.72 Å². The molecule has 1 fully saturated rings. The van der Waals surface area contributed by atoms with E-state index in [0.29, 0.717) is 41.9 Å². The Morgan fingerprint density at radius 2 is 1.97 bits per heavy atom. The number of carbonyl (C=O) groups excluding carboxylic acids is 1. The predicted molar refractivity (Wildman–Crippen MR) is 144 cm³/mol. The van der Waals surface area contributed by atoms with Gasteiger partial charge in [0.05, 0.1) is 17.9 Å². The van der Waals surface area contributed by atoms with Crippen LogP contribution in [0.2, 0.25) is 0 Å². The van der Waals surface area contributed by atoms with E-state index in [1.807, 2.05) is 18.7 Å². The number of nitrogens with one attached hydrogen (secondary N) is 1. The highest BCUT2D eigenvalue weighted by Gasteiger charge is 2.39. The first-order chi connectivity index (χ1) is 17.9. The molecule has 10 heteroatoms. The van der Waals surface area contributed by atoms with Crippen LogP contribution in [0.5, 0.6) is 5.75 Å². The Hall–Kier alpha value is -3.53. The average molecular weight is 541 g/mol. The lowest BCUT2D eigenvalue weighted by atomic mass is 9.97. The zero-order valence-electron chi connectivity index (χ0n) is 22.2. The number of ether oxygens (including phenoxy) is 1. The number of aromatic nitrogens is 2. The van der Waals surface area contributed by atoms with Gasteiger partial charge in [-0.05, 0) is 68.5 Å². The molecule has 2 aromatic heterocycles. The molecule has 38 heavy (non-hydrogen) atoms. The maximum atomic E-state index is 14.5. The van der Waals surface area contributed by atoms with Crippen molar-refractivity contribution in [2.45, 2.75) is 51.6 Å². The third kappa shape index (κ3) is 6.12. The van der Waals surface area contributed by atoms with Crippen molar-refractivity contribution >= 4 is 21.7 Å². The highest BCUT2D eigenvalue weighted by atomic mass is 32.2. The van der Waals surface area contributed by atoms with Gasteiger partial charge >= 0.3 is 0 Å². The van der Waals surface area contributed by atoms with Crippen molar-refractivity contribution in [1.82, 2.24) is 14.7 Å². The third-order valence-corrected chi connectivity index (χ3v) is 7.59. The number of pyridine rings is 2. The molecule has 1 aromatic carbocycles. The van der Waals surface area contributed by atoms with E-state index in [2.05, 4.69) is 30.5 Å². The summed E-state index contributed by atoms with van der Waals surface area (Å²) in [5.74, 6) is 0.0259. The minimum atomic E-state index is -4.20. The number of hydrogen-bond donors (Lipinski definition) is 1. The highest BCUT2D eigenvalue weighted by molar-refractivity contribution is 7.90. The summed E-state index contributed by atoms with van der Waals surface area (Å²) < 4.78 is 48.0. The fourth-order valence-electron chi connectivity index (χ4n) is 4.74. The first kappa shape index (κ1) is 27.5. The van der Waals surface area contributed by atoms with E-state index >= 15 is 0 Å². The maximum absolute atomic E-state index is 14.5. The molecule has 1 atom stereocenters. The summed E-state index contributed by atoms with van der Waals surface area (Å²) in [5, 5.41) is -0.261. The van der Waals surface area contributed by atoms with Crippen LogP contribution in [0, 0.1) is 17.7 Å². The first-order valence-electron chi connectivity index (χ1n) is 12.6. The third-order valence-electron chi connectivity index (χ3n) is 6.34. The fraction of sp³-hybridized carbons (Fsp3) is 0.393. The summed E-state index contributed by atoms with van der Waals surface area (Å²) in [5.41, 5.74) is 0.688. The molecule has 1 saturated heterocycles. The molecule has 0 radical (unpaired) electrons. The Morgan fingerprint density at radius 1 is 1.21 bits per heavy atom. The summed E-state index contributed by atoms with van der Waals surface area (Å²) in [7, 11) is -4.20. The van der Waals surface area contributed by atoms with E-state index in [9.17, 15) is 17.6 Å². The Kier molecular flexibility index (Phi) is 7.73. The summed E-state index contributed by atoms with van der Waals surface area (Å²) >= 11 is 0. The van der Waals surface area contributed by atoms with Crippen LogP contribution in [-0.2, 0) is 10.0 Å². The number of hydrogen-bond acceptors (Lipinski definition) is 7. The molecule has 202 valence electrons. The number of anilines is 1. The van der Waals surface area contributed by atoms with Gasteiger partial charge in [0.1, 0.15) is 17.4 Å².